The van der Waals surface area contributed by atoms with Crippen LogP contribution in [0.5, 0.6) is 5.75 Å². The zero-order valence-corrected chi connectivity index (χ0v) is 24.1. The highest BCUT2D eigenvalue weighted by Gasteiger charge is 2.36. The summed E-state index contributed by atoms with van der Waals surface area (Å²) in [6.45, 7) is -0.266. The number of benzene rings is 3. The highest BCUT2D eigenvalue weighted by Crippen LogP contribution is 2.38. The third-order valence-corrected chi connectivity index (χ3v) is 7.68. The highest BCUT2D eigenvalue weighted by atomic mass is 79.9. The van der Waals surface area contributed by atoms with Gasteiger partial charge in [0.2, 0.25) is 5.91 Å². The number of ether oxygens (including phenoxy) is 1. The van der Waals surface area contributed by atoms with Crippen molar-refractivity contribution >= 4 is 95.6 Å². The molecule has 1 saturated heterocycles. The Bertz CT molecular complexity index is 1410. The molecule has 3 aromatic rings. The molecule has 12 heteroatoms. The maximum Gasteiger partial charge on any atom is 0.294 e. The maximum absolute atomic E-state index is 13.0. The van der Waals surface area contributed by atoms with Gasteiger partial charge in [-0.25, -0.2) is 4.39 Å². The second-order valence-electron chi connectivity index (χ2n) is 7.66. The van der Waals surface area contributed by atoms with Gasteiger partial charge >= 0.3 is 0 Å². The minimum atomic E-state index is -0.589. The first-order chi connectivity index (χ1) is 17.6. The summed E-state index contributed by atoms with van der Waals surface area (Å²) < 4.78 is 20.2. The first-order valence-corrected chi connectivity index (χ1v) is 13.6. The number of nitrogens with zero attached hydrogens (tertiary/aromatic N) is 1. The van der Waals surface area contributed by atoms with Crippen LogP contribution in [0.25, 0.3) is 6.08 Å². The summed E-state index contributed by atoms with van der Waals surface area (Å²) in [6.07, 6.45) is 1.55. The van der Waals surface area contributed by atoms with Crippen molar-refractivity contribution in [2.24, 2.45) is 0 Å². The number of thioether (sulfide) groups is 1. The Kier molecular flexibility index (Phi) is 8.97. The molecule has 3 aromatic carbocycles. The van der Waals surface area contributed by atoms with Gasteiger partial charge in [-0.1, -0.05) is 29.3 Å². The van der Waals surface area contributed by atoms with E-state index in [4.69, 9.17) is 27.9 Å². The van der Waals surface area contributed by atoms with E-state index in [0.29, 0.717) is 36.0 Å². The average molecular weight is 689 g/mol. The van der Waals surface area contributed by atoms with E-state index in [2.05, 4.69) is 37.2 Å². The fraction of sp³-hybridized carbons (Fsp3) is 0.0800. The van der Waals surface area contributed by atoms with Gasteiger partial charge in [-0.05, 0) is 104 Å². The molecular weight excluding hydrogens is 674 g/mol. The summed E-state index contributed by atoms with van der Waals surface area (Å²) in [5.41, 5.74) is 1.73. The van der Waals surface area contributed by atoms with E-state index in [0.717, 1.165) is 22.2 Å². The predicted octanol–water partition coefficient (Wildman–Crippen LogP) is 7.91. The first kappa shape index (κ1) is 27.7. The number of amides is 3. The largest absolute Gasteiger partial charge is 0.486 e. The number of nitrogens with one attached hydrogen (secondary N) is 1. The summed E-state index contributed by atoms with van der Waals surface area (Å²) in [5, 5.41) is 2.98. The summed E-state index contributed by atoms with van der Waals surface area (Å²) in [6, 6.07) is 13.7. The van der Waals surface area contributed by atoms with E-state index in [-0.39, 0.29) is 11.5 Å². The molecule has 1 aliphatic rings. The number of carbonyl (C=O) groups excluding carboxylic acids is 3. The van der Waals surface area contributed by atoms with Gasteiger partial charge < -0.3 is 10.1 Å². The molecule has 0 aromatic heterocycles. The molecule has 0 unspecified atom stereocenters. The van der Waals surface area contributed by atoms with E-state index in [9.17, 15) is 18.8 Å². The quantitative estimate of drug-likeness (QED) is 0.256. The summed E-state index contributed by atoms with van der Waals surface area (Å²) in [4.78, 5) is 38.6. The molecule has 0 spiro atoms. The van der Waals surface area contributed by atoms with Crippen LogP contribution in [0.4, 0.5) is 14.9 Å². The van der Waals surface area contributed by atoms with Crippen LogP contribution < -0.4 is 10.1 Å². The van der Waals surface area contributed by atoms with Crippen LogP contribution in [0.2, 0.25) is 10.0 Å². The molecule has 4 rings (SSSR count). The topological polar surface area (TPSA) is 75.7 Å². The van der Waals surface area contributed by atoms with Crippen molar-refractivity contribution in [3.05, 3.63) is 95.4 Å². The molecule has 37 heavy (non-hydrogen) atoms. The summed E-state index contributed by atoms with van der Waals surface area (Å²) >= 11 is 19.8. The monoisotopic (exact) mass is 686 g/mol. The third-order valence-electron chi connectivity index (χ3n) is 5.01. The molecule has 0 radical (unpaired) electrons. The third kappa shape index (κ3) is 6.94. The lowest BCUT2D eigenvalue weighted by molar-refractivity contribution is -0.127. The maximum atomic E-state index is 13.0. The molecular formula is C25H15Br2Cl2FN2O4S. The van der Waals surface area contributed by atoms with Gasteiger partial charge in [0, 0.05) is 21.3 Å². The minimum absolute atomic E-state index is 0.167. The van der Waals surface area contributed by atoms with Crippen LogP contribution in [0.1, 0.15) is 11.1 Å². The standard InChI is InChI=1S/C25H15Br2Cl2FN2O4S/c26-18-7-13(8-19(27)23(18)36-12-14-1-2-15(28)10-20(14)29)9-21-24(34)32(25(35)37-21)11-22(33)31-17-5-3-16(30)4-6-17/h1-10H,11-12H2,(H,31,33)/b21-9-. The fourth-order valence-corrected chi connectivity index (χ4v) is 6.01. The van der Waals surface area contributed by atoms with Crippen LogP contribution in [0, 0.1) is 5.82 Å². The van der Waals surface area contributed by atoms with Crippen molar-refractivity contribution in [1.29, 1.82) is 0 Å². The second-order valence-corrected chi connectivity index (χ2v) is 11.2. The molecule has 0 bridgehead atoms. The summed E-state index contributed by atoms with van der Waals surface area (Å²) in [5.74, 6) is -1.09. The summed E-state index contributed by atoms with van der Waals surface area (Å²) in [7, 11) is 0. The van der Waals surface area contributed by atoms with Gasteiger partial charge in [0.15, 0.2) is 0 Å². The van der Waals surface area contributed by atoms with Crippen LogP contribution in [0.3, 0.4) is 0 Å². The molecule has 0 aliphatic carbocycles. The molecule has 1 heterocycles. The molecule has 1 N–H and O–H groups in total. The Morgan fingerprint density at radius 3 is 2.38 bits per heavy atom. The van der Waals surface area contributed by atoms with Crippen molar-refractivity contribution < 1.29 is 23.5 Å². The van der Waals surface area contributed by atoms with Gasteiger partial charge in [0.25, 0.3) is 11.1 Å². The smallest absolute Gasteiger partial charge is 0.294 e. The zero-order chi connectivity index (χ0) is 26.7. The van der Waals surface area contributed by atoms with Crippen molar-refractivity contribution in [3.63, 3.8) is 0 Å². The van der Waals surface area contributed by atoms with Crippen LogP contribution in [0.15, 0.2) is 68.4 Å². The number of rotatable bonds is 7. The van der Waals surface area contributed by atoms with E-state index in [1.54, 1.807) is 36.4 Å². The van der Waals surface area contributed by atoms with E-state index in [1.165, 1.54) is 24.3 Å². The van der Waals surface area contributed by atoms with Crippen molar-refractivity contribution in [1.82, 2.24) is 4.90 Å². The van der Waals surface area contributed by atoms with Crippen LogP contribution >= 0.6 is 66.8 Å². The van der Waals surface area contributed by atoms with Gasteiger partial charge in [-0.2, -0.15) is 0 Å². The fourth-order valence-electron chi connectivity index (χ4n) is 3.25. The number of halogens is 5. The lowest BCUT2D eigenvalue weighted by Gasteiger charge is -2.13. The predicted molar refractivity (Wildman–Crippen MR) is 150 cm³/mol. The number of anilines is 1. The number of carbonyl (C=O) groups is 3. The molecule has 190 valence electrons. The average Bonchev–Trinajstić information content (AvgIpc) is 3.08. The molecule has 1 fully saturated rings. The van der Waals surface area contributed by atoms with Gasteiger partial charge in [0.1, 0.15) is 24.7 Å². The van der Waals surface area contributed by atoms with E-state index in [1.807, 2.05) is 0 Å². The van der Waals surface area contributed by atoms with E-state index < -0.39 is 29.4 Å². The lowest BCUT2D eigenvalue weighted by Crippen LogP contribution is -2.36. The van der Waals surface area contributed by atoms with E-state index >= 15 is 0 Å². The molecule has 0 saturated carbocycles. The lowest BCUT2D eigenvalue weighted by atomic mass is 10.2. The first-order valence-electron chi connectivity index (χ1n) is 10.5. The Hall–Kier alpha value is -2.37. The highest BCUT2D eigenvalue weighted by molar-refractivity contribution is 9.11. The zero-order valence-electron chi connectivity index (χ0n) is 18.6. The normalized spacial score (nSPS) is 14.4. The van der Waals surface area contributed by atoms with Crippen LogP contribution in [-0.2, 0) is 16.2 Å². The Morgan fingerprint density at radius 2 is 1.73 bits per heavy atom. The Labute approximate surface area is 242 Å². The number of hydrogen-bond acceptors (Lipinski definition) is 5. The minimum Gasteiger partial charge on any atom is -0.486 e. The Morgan fingerprint density at radius 1 is 1.05 bits per heavy atom. The number of hydrogen-bond donors (Lipinski definition) is 1. The van der Waals surface area contributed by atoms with Crippen molar-refractivity contribution in [2.45, 2.75) is 6.61 Å². The molecule has 0 atom stereocenters. The van der Waals surface area contributed by atoms with Crippen molar-refractivity contribution in [2.75, 3.05) is 11.9 Å². The molecule has 3 amide bonds. The van der Waals surface area contributed by atoms with Gasteiger partial charge in [-0.15, -0.1) is 0 Å². The molecule has 6 nitrogen and oxygen atoms in total. The van der Waals surface area contributed by atoms with Gasteiger partial charge in [0.05, 0.1) is 13.9 Å². The Balaban J connectivity index is 1.44. The number of imide groups is 1. The van der Waals surface area contributed by atoms with Gasteiger partial charge in [-0.3, -0.25) is 19.3 Å². The van der Waals surface area contributed by atoms with Crippen molar-refractivity contribution in [3.8, 4) is 5.75 Å². The van der Waals surface area contributed by atoms with Crippen LogP contribution in [-0.4, -0.2) is 28.5 Å². The molecule has 1 aliphatic heterocycles. The SMILES string of the molecule is O=C(CN1C(=O)S/C(=C\c2cc(Br)c(OCc3ccc(Cl)cc3Cl)c(Br)c2)C1=O)Nc1ccc(F)cc1. The second kappa shape index (κ2) is 12.0.